The van der Waals surface area contributed by atoms with Gasteiger partial charge in [-0.2, -0.15) is 0 Å². The van der Waals surface area contributed by atoms with Gasteiger partial charge in [-0.15, -0.1) is 0 Å². The number of nitrogens with zero attached hydrogens (tertiary/aromatic N) is 1. The Morgan fingerprint density at radius 2 is 1.71 bits per heavy atom. The van der Waals surface area contributed by atoms with E-state index in [0.29, 0.717) is 36.8 Å². The van der Waals surface area contributed by atoms with Crippen molar-refractivity contribution in [2.75, 3.05) is 13.1 Å². The highest BCUT2D eigenvalue weighted by atomic mass is 16.4. The van der Waals surface area contributed by atoms with Gasteiger partial charge in [-0.1, -0.05) is 0 Å². The standard InChI is InChI=1S/C16H23N3O5/c17-9-13(20)18-12(16(23)24)7-3-4-8-19-14(21)10-5-1-2-6-11(10)15(19)22/h12H,1-9,17H2,(H,18,20)(H,23,24). The highest BCUT2D eigenvalue weighted by Crippen LogP contribution is 2.32. The van der Waals surface area contributed by atoms with E-state index in [-0.39, 0.29) is 31.3 Å². The summed E-state index contributed by atoms with van der Waals surface area (Å²) >= 11 is 0. The molecule has 0 saturated heterocycles. The molecule has 0 saturated carbocycles. The second-order valence-electron chi connectivity index (χ2n) is 6.08. The fraction of sp³-hybridized carbons (Fsp3) is 0.625. The van der Waals surface area contributed by atoms with Gasteiger partial charge >= 0.3 is 5.97 Å². The number of nitrogens with two attached hydrogens (primary N) is 1. The number of hydrogen-bond donors (Lipinski definition) is 3. The Morgan fingerprint density at radius 3 is 2.21 bits per heavy atom. The molecule has 1 aliphatic heterocycles. The van der Waals surface area contributed by atoms with Crippen LogP contribution in [0.25, 0.3) is 0 Å². The summed E-state index contributed by atoms with van der Waals surface area (Å²) in [6, 6.07) is -1.00. The van der Waals surface area contributed by atoms with Gasteiger partial charge in [-0.3, -0.25) is 19.3 Å². The molecule has 0 aromatic heterocycles. The van der Waals surface area contributed by atoms with Crippen LogP contribution in [0.1, 0.15) is 44.9 Å². The molecule has 0 radical (unpaired) electrons. The van der Waals surface area contributed by atoms with Crippen LogP contribution in [0.15, 0.2) is 11.1 Å². The molecule has 1 atom stereocenters. The number of imide groups is 1. The van der Waals surface area contributed by atoms with Crippen LogP contribution in [-0.2, 0) is 19.2 Å². The number of carboxylic acid groups (broad SMARTS) is 1. The van der Waals surface area contributed by atoms with Crippen molar-refractivity contribution in [3.8, 4) is 0 Å². The fourth-order valence-corrected chi connectivity index (χ4v) is 3.13. The summed E-state index contributed by atoms with van der Waals surface area (Å²) in [7, 11) is 0. The van der Waals surface area contributed by atoms with E-state index in [1.807, 2.05) is 0 Å². The van der Waals surface area contributed by atoms with E-state index in [9.17, 15) is 19.2 Å². The van der Waals surface area contributed by atoms with E-state index in [2.05, 4.69) is 5.32 Å². The predicted molar refractivity (Wildman–Crippen MR) is 84.7 cm³/mol. The molecular weight excluding hydrogens is 314 g/mol. The lowest BCUT2D eigenvalue weighted by Crippen LogP contribution is -2.43. The van der Waals surface area contributed by atoms with Crippen molar-refractivity contribution in [1.82, 2.24) is 10.2 Å². The molecule has 0 aromatic rings. The van der Waals surface area contributed by atoms with Crippen LogP contribution in [0.4, 0.5) is 0 Å². The molecule has 132 valence electrons. The number of amides is 3. The van der Waals surface area contributed by atoms with Crippen molar-refractivity contribution in [3.05, 3.63) is 11.1 Å². The quantitative estimate of drug-likeness (QED) is 0.420. The van der Waals surface area contributed by atoms with E-state index < -0.39 is 17.9 Å². The zero-order valence-corrected chi connectivity index (χ0v) is 13.5. The van der Waals surface area contributed by atoms with Crippen molar-refractivity contribution in [1.29, 1.82) is 0 Å². The minimum atomic E-state index is -1.12. The number of aliphatic carboxylic acids is 1. The van der Waals surface area contributed by atoms with E-state index in [1.165, 1.54) is 4.90 Å². The number of nitrogens with one attached hydrogen (secondary N) is 1. The topological polar surface area (TPSA) is 130 Å². The molecular formula is C16H23N3O5. The summed E-state index contributed by atoms with van der Waals surface area (Å²) < 4.78 is 0. The third kappa shape index (κ3) is 4.00. The molecule has 8 heteroatoms. The van der Waals surface area contributed by atoms with Crippen LogP contribution < -0.4 is 11.1 Å². The lowest BCUT2D eigenvalue weighted by Gasteiger charge is -2.17. The summed E-state index contributed by atoms with van der Waals surface area (Å²) in [5.74, 6) is -2.03. The number of rotatable bonds is 8. The predicted octanol–water partition coefficient (Wildman–Crippen LogP) is -0.0758. The summed E-state index contributed by atoms with van der Waals surface area (Å²) in [6.07, 6.45) is 4.42. The molecule has 0 fully saturated rings. The van der Waals surface area contributed by atoms with Crippen LogP contribution in [0.5, 0.6) is 0 Å². The van der Waals surface area contributed by atoms with Crippen LogP contribution in [0.2, 0.25) is 0 Å². The van der Waals surface area contributed by atoms with Crippen molar-refractivity contribution < 1.29 is 24.3 Å². The number of carboxylic acids is 1. The van der Waals surface area contributed by atoms with Crippen LogP contribution in [0.3, 0.4) is 0 Å². The van der Waals surface area contributed by atoms with Crippen molar-refractivity contribution >= 4 is 23.7 Å². The second-order valence-corrected chi connectivity index (χ2v) is 6.08. The maximum atomic E-state index is 12.3. The first-order valence-electron chi connectivity index (χ1n) is 8.26. The van der Waals surface area contributed by atoms with Crippen LogP contribution in [0, 0.1) is 0 Å². The van der Waals surface area contributed by atoms with E-state index in [0.717, 1.165) is 12.8 Å². The largest absolute Gasteiger partial charge is 0.480 e. The average Bonchev–Trinajstić information content (AvgIpc) is 2.82. The molecule has 0 aromatic carbocycles. The number of carbonyl (C=O) groups is 4. The maximum absolute atomic E-state index is 12.3. The lowest BCUT2D eigenvalue weighted by atomic mass is 9.93. The van der Waals surface area contributed by atoms with Gasteiger partial charge in [-0.25, -0.2) is 4.79 Å². The van der Waals surface area contributed by atoms with Crippen molar-refractivity contribution in [2.24, 2.45) is 5.73 Å². The molecule has 2 aliphatic rings. The smallest absolute Gasteiger partial charge is 0.326 e. The van der Waals surface area contributed by atoms with E-state index >= 15 is 0 Å². The van der Waals surface area contributed by atoms with Crippen LogP contribution in [-0.4, -0.2) is 52.8 Å². The van der Waals surface area contributed by atoms with Crippen molar-refractivity contribution in [3.63, 3.8) is 0 Å². The Hall–Kier alpha value is -2.22. The zero-order chi connectivity index (χ0) is 17.7. The number of hydrogen-bond acceptors (Lipinski definition) is 5. The Morgan fingerprint density at radius 1 is 1.12 bits per heavy atom. The van der Waals surface area contributed by atoms with Crippen molar-refractivity contribution in [2.45, 2.75) is 51.0 Å². The molecule has 1 unspecified atom stereocenters. The average molecular weight is 337 g/mol. The normalized spacial score (nSPS) is 18.6. The summed E-state index contributed by atoms with van der Waals surface area (Å²) in [5, 5.41) is 11.4. The molecule has 3 amide bonds. The Labute approximate surface area is 140 Å². The first kappa shape index (κ1) is 18.1. The van der Waals surface area contributed by atoms with Gasteiger partial charge in [-0.05, 0) is 44.9 Å². The molecule has 2 rings (SSSR count). The minimum Gasteiger partial charge on any atom is -0.480 e. The van der Waals surface area contributed by atoms with Gasteiger partial charge in [0.05, 0.1) is 6.54 Å². The van der Waals surface area contributed by atoms with E-state index in [4.69, 9.17) is 10.8 Å². The first-order chi connectivity index (χ1) is 11.5. The Kier molecular flexibility index (Phi) is 6.08. The minimum absolute atomic E-state index is 0.194. The third-order valence-corrected chi connectivity index (χ3v) is 4.42. The molecule has 4 N–H and O–H groups in total. The molecule has 0 spiro atoms. The molecule has 24 heavy (non-hydrogen) atoms. The highest BCUT2D eigenvalue weighted by molar-refractivity contribution is 6.19. The van der Waals surface area contributed by atoms with Gasteiger partial charge < -0.3 is 16.2 Å². The van der Waals surface area contributed by atoms with E-state index in [1.54, 1.807) is 0 Å². The summed E-state index contributed by atoms with van der Waals surface area (Å²) in [6.45, 7) is 0.0135. The lowest BCUT2D eigenvalue weighted by molar-refractivity contribution is -0.142. The van der Waals surface area contributed by atoms with Gasteiger partial charge in [0.25, 0.3) is 11.8 Å². The monoisotopic (exact) mass is 337 g/mol. The van der Waals surface area contributed by atoms with Gasteiger partial charge in [0, 0.05) is 17.7 Å². The fourth-order valence-electron chi connectivity index (χ4n) is 3.13. The Balaban J connectivity index is 1.80. The molecule has 1 aliphatic carbocycles. The second kappa shape index (κ2) is 8.05. The van der Waals surface area contributed by atoms with Crippen LogP contribution >= 0.6 is 0 Å². The first-order valence-corrected chi connectivity index (χ1v) is 8.26. The summed E-state index contributed by atoms with van der Waals surface area (Å²) in [5.41, 5.74) is 6.47. The van der Waals surface area contributed by atoms with Gasteiger partial charge in [0.2, 0.25) is 5.91 Å². The molecule has 8 nitrogen and oxygen atoms in total. The molecule has 1 heterocycles. The third-order valence-electron chi connectivity index (χ3n) is 4.42. The molecule has 0 bridgehead atoms. The maximum Gasteiger partial charge on any atom is 0.326 e. The van der Waals surface area contributed by atoms with Gasteiger partial charge in [0.1, 0.15) is 6.04 Å². The summed E-state index contributed by atoms with van der Waals surface area (Å²) in [4.78, 5) is 48.1. The zero-order valence-electron chi connectivity index (χ0n) is 13.5. The SMILES string of the molecule is NCC(=O)NC(CCCCN1C(=O)C2=C(CCCC2)C1=O)C(=O)O. The highest BCUT2D eigenvalue weighted by Gasteiger charge is 2.38. The number of carbonyl (C=O) groups excluding carboxylic acids is 3. The Bertz CT molecular complexity index is 556. The van der Waals surface area contributed by atoms with Gasteiger partial charge in [0.15, 0.2) is 0 Å². The number of unbranched alkanes of at least 4 members (excludes halogenated alkanes) is 1.